The van der Waals surface area contributed by atoms with Crippen molar-refractivity contribution in [2.75, 3.05) is 6.54 Å². The predicted molar refractivity (Wildman–Crippen MR) is 69.9 cm³/mol. The fraction of sp³-hybridized carbons (Fsp3) is 0.846. The minimum absolute atomic E-state index is 0.385. The lowest BCUT2D eigenvalue weighted by atomic mass is 9.71. The first-order chi connectivity index (χ1) is 8.40. The van der Waals surface area contributed by atoms with Gasteiger partial charge in [0.05, 0.1) is 12.1 Å². The minimum atomic E-state index is -0.548. The summed E-state index contributed by atoms with van der Waals surface area (Å²) >= 11 is 0. The van der Waals surface area contributed by atoms with E-state index in [1.807, 2.05) is 11.6 Å². The summed E-state index contributed by atoms with van der Waals surface area (Å²) in [6.45, 7) is 5.84. The highest BCUT2D eigenvalue weighted by Crippen LogP contribution is 2.39. The van der Waals surface area contributed by atoms with Gasteiger partial charge >= 0.3 is 0 Å². The van der Waals surface area contributed by atoms with Gasteiger partial charge in [-0.15, -0.1) is 10.2 Å². The summed E-state index contributed by atoms with van der Waals surface area (Å²) in [4.78, 5) is 0. The molecule has 2 N–H and O–H groups in total. The molecule has 5 heteroatoms. The molecule has 0 saturated heterocycles. The normalized spacial score (nSPS) is 22.0. The first-order valence-corrected chi connectivity index (χ1v) is 6.66. The van der Waals surface area contributed by atoms with Crippen LogP contribution in [0.2, 0.25) is 0 Å². The maximum absolute atomic E-state index is 10.5. The van der Waals surface area contributed by atoms with Crippen molar-refractivity contribution in [1.29, 1.82) is 0 Å². The van der Waals surface area contributed by atoms with E-state index in [0.29, 0.717) is 18.5 Å². The van der Waals surface area contributed by atoms with Crippen LogP contribution in [0.3, 0.4) is 0 Å². The Morgan fingerprint density at radius 3 is 2.56 bits per heavy atom. The second-order valence-corrected chi connectivity index (χ2v) is 6.35. The van der Waals surface area contributed by atoms with Crippen LogP contribution in [-0.4, -0.2) is 32.0 Å². The van der Waals surface area contributed by atoms with E-state index >= 15 is 0 Å². The molecule has 1 aromatic heterocycles. The van der Waals surface area contributed by atoms with Gasteiger partial charge < -0.3 is 15.0 Å². The zero-order chi connectivity index (χ0) is 13.2. The van der Waals surface area contributed by atoms with Crippen LogP contribution in [0.1, 0.15) is 45.4 Å². The van der Waals surface area contributed by atoms with Crippen molar-refractivity contribution in [3.8, 4) is 0 Å². The fourth-order valence-corrected chi connectivity index (χ4v) is 2.44. The van der Waals surface area contributed by atoms with E-state index in [1.54, 1.807) is 6.33 Å². The van der Waals surface area contributed by atoms with E-state index in [2.05, 4.69) is 29.4 Å². The maximum atomic E-state index is 10.5. The Balaban J connectivity index is 1.78. The van der Waals surface area contributed by atoms with Gasteiger partial charge in [0.15, 0.2) is 0 Å². The van der Waals surface area contributed by atoms with E-state index in [0.717, 1.165) is 31.5 Å². The summed E-state index contributed by atoms with van der Waals surface area (Å²) in [5.74, 6) is 0.898. The number of nitrogens with zero attached hydrogens (tertiary/aromatic N) is 3. The average molecular weight is 252 g/mol. The topological polar surface area (TPSA) is 63.0 Å². The molecule has 0 radical (unpaired) electrons. The van der Waals surface area contributed by atoms with Gasteiger partial charge in [0.2, 0.25) is 0 Å². The van der Waals surface area contributed by atoms with Crippen LogP contribution in [-0.2, 0) is 13.6 Å². The molecule has 1 aromatic rings. The SMILES string of the molecule is Cn1cnnc1CNCC1(O)CCC(C)(C)CC1. The van der Waals surface area contributed by atoms with Crippen molar-refractivity contribution in [2.45, 2.75) is 51.7 Å². The highest BCUT2D eigenvalue weighted by Gasteiger charge is 2.36. The molecule has 0 atom stereocenters. The Hall–Kier alpha value is -0.940. The van der Waals surface area contributed by atoms with Gasteiger partial charge in [-0.3, -0.25) is 0 Å². The van der Waals surface area contributed by atoms with Crippen LogP contribution in [0, 0.1) is 5.41 Å². The standard InChI is InChI=1S/C13H24N4O/c1-12(2)4-6-13(18,7-5-12)9-14-8-11-16-15-10-17(11)3/h10,14,18H,4-9H2,1-3H3. The summed E-state index contributed by atoms with van der Waals surface area (Å²) < 4.78 is 1.89. The van der Waals surface area contributed by atoms with E-state index in [1.165, 1.54) is 0 Å². The lowest BCUT2D eigenvalue weighted by Crippen LogP contribution is -2.45. The van der Waals surface area contributed by atoms with Gasteiger partial charge in [0.1, 0.15) is 12.2 Å². The number of aromatic nitrogens is 3. The average Bonchev–Trinajstić information content (AvgIpc) is 2.70. The minimum Gasteiger partial charge on any atom is -0.389 e. The molecule has 2 rings (SSSR count). The first kappa shape index (κ1) is 13.5. The third-order valence-corrected chi connectivity index (χ3v) is 4.08. The van der Waals surface area contributed by atoms with Crippen molar-refractivity contribution in [2.24, 2.45) is 12.5 Å². The molecule has 0 unspecified atom stereocenters. The largest absolute Gasteiger partial charge is 0.389 e. The molecule has 0 bridgehead atoms. The molecular formula is C13H24N4O. The molecule has 0 aliphatic heterocycles. The molecular weight excluding hydrogens is 228 g/mol. The zero-order valence-electron chi connectivity index (χ0n) is 11.6. The molecule has 18 heavy (non-hydrogen) atoms. The van der Waals surface area contributed by atoms with Crippen LogP contribution >= 0.6 is 0 Å². The molecule has 1 aliphatic carbocycles. The summed E-state index contributed by atoms with van der Waals surface area (Å²) in [6.07, 6.45) is 5.64. The molecule has 0 spiro atoms. The van der Waals surface area contributed by atoms with Crippen molar-refractivity contribution in [1.82, 2.24) is 20.1 Å². The quantitative estimate of drug-likeness (QED) is 0.846. The number of aliphatic hydroxyl groups is 1. The van der Waals surface area contributed by atoms with Crippen LogP contribution in [0.5, 0.6) is 0 Å². The summed E-state index contributed by atoms with van der Waals surface area (Å²) in [5, 5.41) is 21.6. The van der Waals surface area contributed by atoms with Crippen LogP contribution in [0.25, 0.3) is 0 Å². The molecule has 0 amide bonds. The number of hydrogen-bond acceptors (Lipinski definition) is 4. The summed E-state index contributed by atoms with van der Waals surface area (Å²) in [6, 6.07) is 0. The van der Waals surface area contributed by atoms with Crippen molar-refractivity contribution < 1.29 is 5.11 Å². The lowest BCUT2D eigenvalue weighted by molar-refractivity contribution is -0.0246. The van der Waals surface area contributed by atoms with E-state index in [-0.39, 0.29) is 0 Å². The molecule has 5 nitrogen and oxygen atoms in total. The van der Waals surface area contributed by atoms with Gasteiger partial charge in [-0.25, -0.2) is 0 Å². The second-order valence-electron chi connectivity index (χ2n) is 6.35. The van der Waals surface area contributed by atoms with Crippen molar-refractivity contribution in [3.63, 3.8) is 0 Å². The highest BCUT2D eigenvalue weighted by molar-refractivity contribution is 4.91. The van der Waals surface area contributed by atoms with Gasteiger partial charge in [0, 0.05) is 13.6 Å². The van der Waals surface area contributed by atoms with Crippen molar-refractivity contribution in [3.05, 3.63) is 12.2 Å². The number of aryl methyl sites for hydroxylation is 1. The Kier molecular flexibility index (Phi) is 3.73. The van der Waals surface area contributed by atoms with Crippen molar-refractivity contribution >= 4 is 0 Å². The number of hydrogen-bond donors (Lipinski definition) is 2. The highest BCUT2D eigenvalue weighted by atomic mass is 16.3. The van der Waals surface area contributed by atoms with Gasteiger partial charge in [-0.1, -0.05) is 13.8 Å². The molecule has 1 aliphatic rings. The Morgan fingerprint density at radius 1 is 1.33 bits per heavy atom. The Bertz CT molecular complexity index is 389. The molecule has 1 heterocycles. The van der Waals surface area contributed by atoms with E-state index < -0.39 is 5.60 Å². The van der Waals surface area contributed by atoms with E-state index in [4.69, 9.17) is 0 Å². The Morgan fingerprint density at radius 2 is 2.00 bits per heavy atom. The van der Waals surface area contributed by atoms with Gasteiger partial charge in [-0.05, 0) is 31.1 Å². The van der Waals surface area contributed by atoms with Crippen LogP contribution in [0.4, 0.5) is 0 Å². The smallest absolute Gasteiger partial charge is 0.146 e. The summed E-state index contributed by atoms with van der Waals surface area (Å²) in [7, 11) is 1.93. The fourth-order valence-electron chi connectivity index (χ4n) is 2.44. The first-order valence-electron chi connectivity index (χ1n) is 6.66. The monoisotopic (exact) mass is 252 g/mol. The molecule has 1 saturated carbocycles. The number of nitrogens with one attached hydrogen (secondary N) is 1. The predicted octanol–water partition coefficient (Wildman–Crippen LogP) is 1.24. The third kappa shape index (κ3) is 3.29. The Labute approximate surface area is 109 Å². The molecule has 1 fully saturated rings. The third-order valence-electron chi connectivity index (χ3n) is 4.08. The van der Waals surface area contributed by atoms with Gasteiger partial charge in [-0.2, -0.15) is 0 Å². The van der Waals surface area contributed by atoms with E-state index in [9.17, 15) is 5.11 Å². The summed E-state index contributed by atoms with van der Waals surface area (Å²) in [5.41, 5.74) is -0.163. The molecule has 102 valence electrons. The number of rotatable bonds is 4. The molecule has 0 aromatic carbocycles. The van der Waals surface area contributed by atoms with Gasteiger partial charge in [0.25, 0.3) is 0 Å². The van der Waals surface area contributed by atoms with Crippen LogP contribution in [0.15, 0.2) is 6.33 Å². The second kappa shape index (κ2) is 4.97. The lowest BCUT2D eigenvalue weighted by Gasteiger charge is -2.40. The van der Waals surface area contributed by atoms with Crippen LogP contribution < -0.4 is 5.32 Å². The maximum Gasteiger partial charge on any atom is 0.146 e. The zero-order valence-corrected chi connectivity index (χ0v) is 11.6.